The third-order valence-corrected chi connectivity index (χ3v) is 3.75. The minimum Gasteiger partial charge on any atom is -0.489 e. The molecule has 1 aromatic heterocycles. The number of aromatic nitrogens is 1. The summed E-state index contributed by atoms with van der Waals surface area (Å²) in [7, 11) is 0. The van der Waals surface area contributed by atoms with E-state index in [1.807, 2.05) is 30.5 Å². The third-order valence-electron chi connectivity index (χ3n) is 3.75. The minimum absolute atomic E-state index is 0.560. The highest BCUT2D eigenvalue weighted by Gasteiger charge is 2.31. The van der Waals surface area contributed by atoms with E-state index in [-0.39, 0.29) is 0 Å². The molecule has 0 bridgehead atoms. The highest BCUT2D eigenvalue weighted by Crippen LogP contribution is 2.30. The van der Waals surface area contributed by atoms with Crippen LogP contribution in [0.25, 0.3) is 0 Å². The quantitative estimate of drug-likeness (QED) is 0.874. The number of para-hydroxylation sites is 1. The van der Waals surface area contributed by atoms with Gasteiger partial charge in [0.15, 0.2) is 0 Å². The number of hydrogen-bond donors (Lipinski definition) is 1. The van der Waals surface area contributed by atoms with Gasteiger partial charge in [0.25, 0.3) is 0 Å². The van der Waals surface area contributed by atoms with Crippen molar-refractivity contribution in [2.45, 2.75) is 32.5 Å². The molecule has 2 aromatic rings. The maximum atomic E-state index is 5.92. The zero-order valence-electron chi connectivity index (χ0n) is 11.8. The summed E-state index contributed by atoms with van der Waals surface area (Å²) >= 11 is 0. The molecule has 1 N–H and O–H groups in total. The van der Waals surface area contributed by atoms with Gasteiger partial charge in [-0.3, -0.25) is 4.98 Å². The van der Waals surface area contributed by atoms with Crippen LogP contribution in [-0.2, 0) is 13.2 Å². The van der Waals surface area contributed by atoms with E-state index < -0.39 is 0 Å². The first-order valence-electron chi connectivity index (χ1n) is 7.16. The Hall–Kier alpha value is -1.87. The molecule has 1 aliphatic carbocycles. The van der Waals surface area contributed by atoms with E-state index in [1.165, 1.54) is 12.0 Å². The van der Waals surface area contributed by atoms with E-state index in [9.17, 15) is 0 Å². The average Bonchev–Trinajstić information content (AvgIpc) is 3.20. The standard InChI is InChI=1S/C17H20N2O/c1-13-9-16(13)19-11-15-6-2-3-7-17(15)20-12-14-5-4-8-18-10-14/h2-8,10,13,16,19H,9,11-12H2,1H3/t13-,16+/m0/s1. The van der Waals surface area contributed by atoms with Crippen LogP contribution in [0.3, 0.4) is 0 Å². The molecule has 1 fully saturated rings. The number of ether oxygens (including phenoxy) is 1. The van der Waals surface area contributed by atoms with E-state index in [2.05, 4.69) is 29.4 Å². The molecule has 3 rings (SSSR count). The van der Waals surface area contributed by atoms with Gasteiger partial charge in [-0.15, -0.1) is 0 Å². The molecule has 1 aliphatic rings. The van der Waals surface area contributed by atoms with Crippen molar-refractivity contribution >= 4 is 0 Å². The van der Waals surface area contributed by atoms with Crippen molar-refractivity contribution in [1.29, 1.82) is 0 Å². The lowest BCUT2D eigenvalue weighted by atomic mass is 10.2. The Kier molecular flexibility index (Phi) is 3.97. The molecule has 20 heavy (non-hydrogen) atoms. The highest BCUT2D eigenvalue weighted by atomic mass is 16.5. The topological polar surface area (TPSA) is 34.1 Å². The van der Waals surface area contributed by atoms with Crippen LogP contribution in [0.5, 0.6) is 5.75 Å². The van der Waals surface area contributed by atoms with Gasteiger partial charge in [0, 0.05) is 36.1 Å². The molecule has 1 saturated carbocycles. The molecular formula is C17H20N2O. The van der Waals surface area contributed by atoms with Gasteiger partial charge >= 0.3 is 0 Å². The van der Waals surface area contributed by atoms with Gasteiger partial charge < -0.3 is 10.1 Å². The van der Waals surface area contributed by atoms with Crippen LogP contribution in [0.4, 0.5) is 0 Å². The number of benzene rings is 1. The second-order valence-electron chi connectivity index (χ2n) is 5.46. The first-order chi connectivity index (χ1) is 9.83. The summed E-state index contributed by atoms with van der Waals surface area (Å²) in [6, 6.07) is 12.9. The molecule has 0 spiro atoms. The van der Waals surface area contributed by atoms with Crippen molar-refractivity contribution in [3.05, 3.63) is 59.9 Å². The van der Waals surface area contributed by atoms with Crippen molar-refractivity contribution in [2.24, 2.45) is 5.92 Å². The fourth-order valence-electron chi connectivity index (χ4n) is 2.28. The van der Waals surface area contributed by atoms with Crippen molar-refractivity contribution in [1.82, 2.24) is 10.3 Å². The summed E-state index contributed by atoms with van der Waals surface area (Å²) in [5, 5.41) is 3.57. The average molecular weight is 268 g/mol. The summed E-state index contributed by atoms with van der Waals surface area (Å²) < 4.78 is 5.92. The molecular weight excluding hydrogens is 248 g/mol. The van der Waals surface area contributed by atoms with E-state index >= 15 is 0 Å². The van der Waals surface area contributed by atoms with Crippen LogP contribution in [0.2, 0.25) is 0 Å². The van der Waals surface area contributed by atoms with Crippen LogP contribution in [0.15, 0.2) is 48.8 Å². The van der Waals surface area contributed by atoms with Gasteiger partial charge in [0.1, 0.15) is 12.4 Å². The Balaban J connectivity index is 1.60. The molecule has 0 radical (unpaired) electrons. The van der Waals surface area contributed by atoms with Crippen LogP contribution >= 0.6 is 0 Å². The van der Waals surface area contributed by atoms with Crippen molar-refractivity contribution < 1.29 is 4.74 Å². The lowest BCUT2D eigenvalue weighted by Crippen LogP contribution is -2.17. The van der Waals surface area contributed by atoms with Gasteiger partial charge in [-0.2, -0.15) is 0 Å². The zero-order valence-corrected chi connectivity index (χ0v) is 11.8. The lowest BCUT2D eigenvalue weighted by molar-refractivity contribution is 0.301. The summed E-state index contributed by atoms with van der Waals surface area (Å²) in [5.41, 5.74) is 2.31. The van der Waals surface area contributed by atoms with Crippen LogP contribution in [0.1, 0.15) is 24.5 Å². The number of hydrogen-bond acceptors (Lipinski definition) is 3. The summed E-state index contributed by atoms with van der Waals surface area (Å²) in [4.78, 5) is 4.10. The smallest absolute Gasteiger partial charge is 0.124 e. The molecule has 1 aromatic carbocycles. The van der Waals surface area contributed by atoms with Crippen molar-refractivity contribution in [3.8, 4) is 5.75 Å². The molecule has 104 valence electrons. The second kappa shape index (κ2) is 6.06. The Morgan fingerprint density at radius 2 is 2.10 bits per heavy atom. The number of rotatable bonds is 6. The summed E-state index contributed by atoms with van der Waals surface area (Å²) in [5.74, 6) is 1.77. The van der Waals surface area contributed by atoms with E-state index in [0.29, 0.717) is 12.6 Å². The molecule has 2 atom stereocenters. The second-order valence-corrected chi connectivity index (χ2v) is 5.46. The zero-order chi connectivity index (χ0) is 13.8. The fourth-order valence-corrected chi connectivity index (χ4v) is 2.28. The summed E-state index contributed by atoms with van der Waals surface area (Å²) in [6.07, 6.45) is 4.91. The van der Waals surface area contributed by atoms with Crippen LogP contribution in [0, 0.1) is 5.92 Å². The molecule has 0 aliphatic heterocycles. The van der Waals surface area contributed by atoms with Gasteiger partial charge in [-0.1, -0.05) is 31.2 Å². The van der Waals surface area contributed by atoms with Crippen molar-refractivity contribution in [2.75, 3.05) is 0 Å². The molecule has 0 saturated heterocycles. The Bertz CT molecular complexity index is 556. The van der Waals surface area contributed by atoms with Crippen LogP contribution in [-0.4, -0.2) is 11.0 Å². The normalized spacial score (nSPS) is 20.6. The number of nitrogens with one attached hydrogen (secondary N) is 1. The molecule has 3 heteroatoms. The predicted octanol–water partition coefficient (Wildman–Crippen LogP) is 3.16. The summed E-state index contributed by atoms with van der Waals surface area (Å²) in [6.45, 7) is 3.71. The molecule has 1 heterocycles. The highest BCUT2D eigenvalue weighted by molar-refractivity contribution is 5.33. The largest absolute Gasteiger partial charge is 0.489 e. The monoisotopic (exact) mass is 268 g/mol. The number of pyridine rings is 1. The molecule has 3 nitrogen and oxygen atoms in total. The van der Waals surface area contributed by atoms with E-state index in [0.717, 1.165) is 23.8 Å². The van der Waals surface area contributed by atoms with Gasteiger partial charge in [-0.05, 0) is 24.5 Å². The first kappa shape index (κ1) is 13.1. The van der Waals surface area contributed by atoms with E-state index in [1.54, 1.807) is 6.20 Å². The number of nitrogens with zero attached hydrogens (tertiary/aromatic N) is 1. The maximum Gasteiger partial charge on any atom is 0.124 e. The SMILES string of the molecule is C[C@H]1C[C@H]1NCc1ccccc1OCc1cccnc1. The Morgan fingerprint density at radius 1 is 1.25 bits per heavy atom. The van der Waals surface area contributed by atoms with Crippen molar-refractivity contribution in [3.63, 3.8) is 0 Å². The van der Waals surface area contributed by atoms with E-state index in [4.69, 9.17) is 4.74 Å². The van der Waals surface area contributed by atoms with Gasteiger partial charge in [0.2, 0.25) is 0 Å². The third kappa shape index (κ3) is 3.36. The fraction of sp³-hybridized carbons (Fsp3) is 0.353. The maximum absolute atomic E-state index is 5.92. The Morgan fingerprint density at radius 3 is 2.85 bits per heavy atom. The predicted molar refractivity (Wildman–Crippen MR) is 79.4 cm³/mol. The van der Waals surface area contributed by atoms with Gasteiger partial charge in [0.05, 0.1) is 0 Å². The van der Waals surface area contributed by atoms with Crippen LogP contribution < -0.4 is 10.1 Å². The first-order valence-corrected chi connectivity index (χ1v) is 7.16. The Labute approximate surface area is 120 Å². The minimum atomic E-state index is 0.560. The molecule has 0 amide bonds. The van der Waals surface area contributed by atoms with Gasteiger partial charge in [-0.25, -0.2) is 0 Å². The lowest BCUT2D eigenvalue weighted by Gasteiger charge is -2.12. The molecule has 0 unspecified atom stereocenters.